The first-order valence-electron chi connectivity index (χ1n) is 9.56. The number of nitrogens with zero attached hydrogens (tertiary/aromatic N) is 4. The van der Waals surface area contributed by atoms with Crippen molar-refractivity contribution in [3.05, 3.63) is 76.8 Å². The largest absolute Gasteiger partial charge is 0.337 e. The van der Waals surface area contributed by atoms with Gasteiger partial charge in [0, 0.05) is 35.5 Å². The molecule has 156 valence electrons. The van der Waals surface area contributed by atoms with Crippen molar-refractivity contribution in [1.82, 2.24) is 14.5 Å². The summed E-state index contributed by atoms with van der Waals surface area (Å²) in [5.41, 5.74) is 2.86. The number of hydrogen-bond acceptors (Lipinski definition) is 4. The normalized spacial score (nSPS) is 10.7. The van der Waals surface area contributed by atoms with E-state index in [0.717, 1.165) is 39.2 Å². The third-order valence-corrected chi connectivity index (χ3v) is 6.29. The van der Waals surface area contributed by atoms with Crippen molar-refractivity contribution in [2.45, 2.75) is 26.3 Å². The lowest BCUT2D eigenvalue weighted by Crippen LogP contribution is -2.32. The molecule has 0 bridgehead atoms. The number of halogens is 2. The predicted molar refractivity (Wildman–Crippen MR) is 129 cm³/mol. The Kier molecular flexibility index (Phi) is 7.64. The molecule has 1 amide bonds. The predicted octanol–water partition coefficient (Wildman–Crippen LogP) is 5.98. The van der Waals surface area contributed by atoms with Crippen LogP contribution in [0.15, 0.2) is 65.7 Å². The number of rotatable bonds is 7. The van der Waals surface area contributed by atoms with Crippen LogP contribution in [0, 0.1) is 0 Å². The first-order valence-corrected chi connectivity index (χ1v) is 11.2. The number of carbonyl (C=O) groups excluding carboxylic acids is 1. The number of hydrogen-bond donors (Lipinski definition) is 0. The Morgan fingerprint density at radius 2 is 2.10 bits per heavy atom. The molecule has 0 spiro atoms. The first kappa shape index (κ1) is 22.5. The summed E-state index contributed by atoms with van der Waals surface area (Å²) in [4.78, 5) is 24.0. The number of imidazole rings is 1. The van der Waals surface area contributed by atoms with Crippen LogP contribution >= 0.6 is 39.7 Å². The number of fused-ring (bicyclic) bond motifs is 1. The molecule has 30 heavy (non-hydrogen) atoms. The number of amides is 1. The molecule has 4 aromatic rings. The highest BCUT2D eigenvalue weighted by molar-refractivity contribution is 9.10. The SMILES string of the molecule is CCc1ccc2nc(N(CCCn3ccnc3)C(=O)c3cccc(Br)c3)sc2c1.Cl. The van der Waals surface area contributed by atoms with E-state index in [2.05, 4.69) is 40.0 Å². The second-order valence-electron chi connectivity index (χ2n) is 6.77. The quantitative estimate of drug-likeness (QED) is 0.311. The molecule has 2 aromatic heterocycles. The molecule has 2 heterocycles. The molecule has 0 fully saturated rings. The van der Waals surface area contributed by atoms with Gasteiger partial charge in [0.05, 0.1) is 16.5 Å². The van der Waals surface area contributed by atoms with Crippen LogP contribution in [0.25, 0.3) is 10.2 Å². The molecule has 0 aliphatic carbocycles. The Morgan fingerprint density at radius 1 is 1.23 bits per heavy atom. The maximum Gasteiger partial charge on any atom is 0.260 e. The Balaban J connectivity index is 0.00000256. The third-order valence-electron chi connectivity index (χ3n) is 4.75. The van der Waals surface area contributed by atoms with Crippen molar-refractivity contribution in [3.63, 3.8) is 0 Å². The van der Waals surface area contributed by atoms with Crippen molar-refractivity contribution in [2.75, 3.05) is 11.4 Å². The number of aromatic nitrogens is 3. The summed E-state index contributed by atoms with van der Waals surface area (Å²) in [5, 5.41) is 0.740. The molecule has 0 unspecified atom stereocenters. The van der Waals surface area contributed by atoms with Gasteiger partial charge in [-0.05, 0) is 48.7 Å². The molecule has 2 aromatic carbocycles. The second kappa shape index (κ2) is 10.2. The highest BCUT2D eigenvalue weighted by atomic mass is 79.9. The molecule has 8 heteroatoms. The minimum absolute atomic E-state index is 0. The van der Waals surface area contributed by atoms with Gasteiger partial charge in [-0.15, -0.1) is 12.4 Å². The summed E-state index contributed by atoms with van der Waals surface area (Å²) < 4.78 is 4.02. The fourth-order valence-electron chi connectivity index (χ4n) is 3.18. The van der Waals surface area contributed by atoms with E-state index in [0.29, 0.717) is 12.1 Å². The smallest absolute Gasteiger partial charge is 0.260 e. The van der Waals surface area contributed by atoms with Gasteiger partial charge in [0.15, 0.2) is 5.13 Å². The topological polar surface area (TPSA) is 51.0 Å². The van der Waals surface area contributed by atoms with E-state index in [9.17, 15) is 4.79 Å². The lowest BCUT2D eigenvalue weighted by atomic mass is 10.2. The van der Waals surface area contributed by atoms with Crippen molar-refractivity contribution in [3.8, 4) is 0 Å². The van der Waals surface area contributed by atoms with Gasteiger partial charge in [0.1, 0.15) is 0 Å². The average Bonchev–Trinajstić information content (AvgIpc) is 3.39. The van der Waals surface area contributed by atoms with Crippen molar-refractivity contribution in [2.24, 2.45) is 0 Å². The number of benzene rings is 2. The van der Waals surface area contributed by atoms with Crippen molar-refractivity contribution < 1.29 is 4.79 Å². The maximum absolute atomic E-state index is 13.3. The zero-order valence-corrected chi connectivity index (χ0v) is 19.7. The van der Waals surface area contributed by atoms with E-state index < -0.39 is 0 Å². The first-order chi connectivity index (χ1) is 14.1. The zero-order valence-electron chi connectivity index (χ0n) is 16.5. The van der Waals surface area contributed by atoms with Gasteiger partial charge in [0.2, 0.25) is 0 Å². The molecule has 0 radical (unpaired) electrons. The van der Waals surface area contributed by atoms with Crippen LogP contribution in [-0.4, -0.2) is 27.0 Å². The van der Waals surface area contributed by atoms with Crippen LogP contribution in [0.1, 0.15) is 29.3 Å². The Labute approximate surface area is 194 Å². The number of aryl methyl sites for hydroxylation is 2. The van der Waals surface area contributed by atoms with Gasteiger partial charge in [-0.1, -0.05) is 46.3 Å². The zero-order chi connectivity index (χ0) is 20.2. The monoisotopic (exact) mass is 504 g/mol. The Morgan fingerprint density at radius 3 is 2.83 bits per heavy atom. The number of carbonyl (C=O) groups is 1. The molecule has 5 nitrogen and oxygen atoms in total. The van der Waals surface area contributed by atoms with Gasteiger partial charge >= 0.3 is 0 Å². The molecule has 4 rings (SSSR count). The Hall–Kier alpha value is -2.22. The number of anilines is 1. The molecular weight excluding hydrogens is 484 g/mol. The van der Waals surface area contributed by atoms with Gasteiger partial charge in [0.25, 0.3) is 5.91 Å². The molecule has 0 aliphatic heterocycles. The van der Waals surface area contributed by atoms with Gasteiger partial charge in [-0.2, -0.15) is 0 Å². The number of thiazole rings is 1. The summed E-state index contributed by atoms with van der Waals surface area (Å²) in [6.45, 7) is 3.53. The molecule has 0 saturated heterocycles. The highest BCUT2D eigenvalue weighted by Gasteiger charge is 2.21. The van der Waals surface area contributed by atoms with E-state index in [1.54, 1.807) is 28.8 Å². The molecule has 0 saturated carbocycles. The summed E-state index contributed by atoms with van der Waals surface area (Å²) >= 11 is 5.04. The molecule has 0 N–H and O–H groups in total. The molecule has 0 aliphatic rings. The minimum Gasteiger partial charge on any atom is -0.337 e. The van der Waals surface area contributed by atoms with E-state index in [1.807, 2.05) is 41.1 Å². The van der Waals surface area contributed by atoms with Crippen LogP contribution in [-0.2, 0) is 13.0 Å². The van der Waals surface area contributed by atoms with E-state index >= 15 is 0 Å². The van der Waals surface area contributed by atoms with Gasteiger partial charge in [-0.3, -0.25) is 9.69 Å². The van der Waals surface area contributed by atoms with Crippen LogP contribution in [0.4, 0.5) is 5.13 Å². The lowest BCUT2D eigenvalue weighted by Gasteiger charge is -2.20. The van der Waals surface area contributed by atoms with Crippen molar-refractivity contribution in [1.29, 1.82) is 0 Å². The second-order valence-corrected chi connectivity index (χ2v) is 8.70. The van der Waals surface area contributed by atoms with Crippen molar-refractivity contribution >= 4 is 60.9 Å². The maximum atomic E-state index is 13.3. The minimum atomic E-state index is -0.0355. The highest BCUT2D eigenvalue weighted by Crippen LogP contribution is 2.31. The standard InChI is InChI=1S/C22H21BrN4OS.ClH/c1-2-16-7-8-19-20(13-16)29-22(25-19)27(11-4-10-26-12-9-24-15-26)21(28)17-5-3-6-18(23)14-17;/h3,5-9,12-15H,2,4,10-11H2,1H3;1H. The lowest BCUT2D eigenvalue weighted by molar-refractivity contribution is 0.0986. The fourth-order valence-corrected chi connectivity index (χ4v) is 4.64. The van der Waals surface area contributed by atoms with E-state index in [-0.39, 0.29) is 18.3 Å². The van der Waals surface area contributed by atoms with Crippen LogP contribution in [0.3, 0.4) is 0 Å². The summed E-state index contributed by atoms with van der Waals surface area (Å²) in [6, 6.07) is 13.8. The summed E-state index contributed by atoms with van der Waals surface area (Å²) in [7, 11) is 0. The Bertz CT molecular complexity index is 1130. The van der Waals surface area contributed by atoms with Crippen LogP contribution < -0.4 is 4.90 Å². The van der Waals surface area contributed by atoms with Crippen LogP contribution in [0.2, 0.25) is 0 Å². The average molecular weight is 506 g/mol. The molecule has 0 atom stereocenters. The fraction of sp³-hybridized carbons (Fsp3) is 0.227. The van der Waals surface area contributed by atoms with E-state index in [4.69, 9.17) is 4.98 Å². The summed E-state index contributed by atoms with van der Waals surface area (Å²) in [6.07, 6.45) is 7.29. The molecular formula is C22H22BrClN4OS. The van der Waals surface area contributed by atoms with Gasteiger partial charge in [-0.25, -0.2) is 9.97 Å². The summed E-state index contributed by atoms with van der Waals surface area (Å²) in [5.74, 6) is -0.0355. The van der Waals surface area contributed by atoms with Crippen LogP contribution in [0.5, 0.6) is 0 Å². The van der Waals surface area contributed by atoms with E-state index in [1.165, 1.54) is 5.56 Å². The van der Waals surface area contributed by atoms with Gasteiger partial charge < -0.3 is 4.57 Å². The third kappa shape index (κ3) is 5.09.